The van der Waals surface area contributed by atoms with Gasteiger partial charge in [0.15, 0.2) is 5.82 Å². The first kappa shape index (κ1) is 17.0. The van der Waals surface area contributed by atoms with E-state index in [0.717, 1.165) is 61.3 Å². The van der Waals surface area contributed by atoms with Crippen LogP contribution in [0, 0.1) is 0 Å². The van der Waals surface area contributed by atoms with E-state index in [0.29, 0.717) is 12.0 Å². The van der Waals surface area contributed by atoms with Gasteiger partial charge in [0.1, 0.15) is 11.0 Å². The summed E-state index contributed by atoms with van der Waals surface area (Å²) in [6.45, 7) is 4.44. The van der Waals surface area contributed by atoms with Crippen LogP contribution in [0.2, 0.25) is 0 Å². The molecule has 0 saturated carbocycles. The van der Waals surface area contributed by atoms with E-state index < -0.39 is 0 Å². The minimum atomic E-state index is 0.508. The van der Waals surface area contributed by atoms with Gasteiger partial charge in [0, 0.05) is 27.2 Å². The highest BCUT2D eigenvalue weighted by molar-refractivity contribution is 5.89. The van der Waals surface area contributed by atoms with E-state index in [4.69, 9.17) is 15.1 Å². The van der Waals surface area contributed by atoms with E-state index in [1.807, 2.05) is 18.8 Å². The predicted octanol–water partition coefficient (Wildman–Crippen LogP) is 1.89. The van der Waals surface area contributed by atoms with Crippen LogP contribution in [0.5, 0.6) is 0 Å². The first-order chi connectivity index (χ1) is 11.5. The van der Waals surface area contributed by atoms with E-state index in [1.165, 1.54) is 0 Å². The molecule has 1 aliphatic rings. The molecule has 7 heteroatoms. The zero-order chi connectivity index (χ0) is 17.3. The topological polar surface area (TPSA) is 62.1 Å². The van der Waals surface area contributed by atoms with Gasteiger partial charge in [0.05, 0.1) is 5.69 Å². The molecule has 3 heterocycles. The van der Waals surface area contributed by atoms with Gasteiger partial charge in [-0.15, -0.1) is 0 Å². The molecule has 0 aliphatic carbocycles. The van der Waals surface area contributed by atoms with Crippen LogP contribution in [0.1, 0.15) is 31.9 Å². The van der Waals surface area contributed by atoms with Gasteiger partial charge in [-0.25, -0.2) is 4.98 Å². The quantitative estimate of drug-likeness (QED) is 0.903. The molecule has 24 heavy (non-hydrogen) atoms. The van der Waals surface area contributed by atoms with Crippen molar-refractivity contribution in [3.8, 4) is 0 Å². The fraction of sp³-hybridized carbons (Fsp3) is 0.706. The highest BCUT2D eigenvalue weighted by Gasteiger charge is 2.25. The van der Waals surface area contributed by atoms with Gasteiger partial charge >= 0.3 is 0 Å². The summed E-state index contributed by atoms with van der Waals surface area (Å²) >= 11 is 0. The number of aryl methyl sites for hydroxylation is 2. The third kappa shape index (κ3) is 3.05. The lowest BCUT2D eigenvalue weighted by molar-refractivity contribution is 0.252. The fourth-order valence-corrected chi connectivity index (χ4v) is 3.54. The van der Waals surface area contributed by atoms with Crippen molar-refractivity contribution in [1.82, 2.24) is 24.6 Å². The Labute approximate surface area is 144 Å². The number of hydrogen-bond acceptors (Lipinski definition) is 6. The second-order valence-corrected chi connectivity index (χ2v) is 6.78. The molecule has 1 aliphatic heterocycles. The van der Waals surface area contributed by atoms with Crippen molar-refractivity contribution >= 4 is 22.8 Å². The summed E-state index contributed by atoms with van der Waals surface area (Å²) in [5.41, 5.74) is 3.08. The van der Waals surface area contributed by atoms with Crippen molar-refractivity contribution in [1.29, 1.82) is 0 Å². The Balaban J connectivity index is 2.05. The molecule has 2 aromatic heterocycles. The third-order valence-corrected chi connectivity index (χ3v) is 5.01. The molecule has 0 amide bonds. The smallest absolute Gasteiger partial charge is 0.225 e. The summed E-state index contributed by atoms with van der Waals surface area (Å²) in [5.74, 6) is 1.65. The van der Waals surface area contributed by atoms with Gasteiger partial charge in [0.2, 0.25) is 5.95 Å². The number of aromatic nitrogens is 4. The minimum absolute atomic E-state index is 0.508. The maximum atomic E-state index is 4.78. The average molecular weight is 331 g/mol. The lowest BCUT2D eigenvalue weighted by Gasteiger charge is -2.36. The maximum Gasteiger partial charge on any atom is 0.225 e. The highest BCUT2D eigenvalue weighted by Crippen LogP contribution is 2.30. The van der Waals surface area contributed by atoms with Crippen molar-refractivity contribution in [2.75, 3.05) is 44.4 Å². The van der Waals surface area contributed by atoms with Crippen LogP contribution in [-0.4, -0.2) is 64.9 Å². The van der Waals surface area contributed by atoms with Crippen molar-refractivity contribution < 1.29 is 0 Å². The average Bonchev–Trinajstić information content (AvgIpc) is 2.90. The van der Waals surface area contributed by atoms with E-state index in [-0.39, 0.29) is 0 Å². The van der Waals surface area contributed by atoms with Crippen molar-refractivity contribution in [3.63, 3.8) is 0 Å². The van der Waals surface area contributed by atoms with Crippen molar-refractivity contribution in [3.05, 3.63) is 5.69 Å². The Morgan fingerprint density at radius 2 is 1.92 bits per heavy atom. The van der Waals surface area contributed by atoms with Gasteiger partial charge < -0.3 is 15.1 Å². The summed E-state index contributed by atoms with van der Waals surface area (Å²) in [4.78, 5) is 14.2. The van der Waals surface area contributed by atoms with Gasteiger partial charge in [-0.3, -0.25) is 4.68 Å². The van der Waals surface area contributed by atoms with E-state index >= 15 is 0 Å². The lowest BCUT2D eigenvalue weighted by Crippen LogP contribution is -2.42. The summed E-state index contributed by atoms with van der Waals surface area (Å²) in [6.07, 6.45) is 4.32. The number of hydrogen-bond donors (Lipinski definition) is 1. The summed E-state index contributed by atoms with van der Waals surface area (Å²) < 4.78 is 1.94. The highest BCUT2D eigenvalue weighted by atomic mass is 15.3. The van der Waals surface area contributed by atoms with Crippen LogP contribution >= 0.6 is 0 Å². The predicted molar refractivity (Wildman–Crippen MR) is 98.8 cm³/mol. The Hall–Kier alpha value is -1.89. The molecular formula is C17H29N7. The number of likely N-dealkylation sites (tertiary alicyclic amines) is 1. The standard InChI is InChI=1S/C17H29N7/c1-6-7-13-14-15(24(5)21-13)16(20-17(18-2)19-14)23(4)12-8-10-22(3)11-9-12/h12H,6-11H2,1-5H3,(H,18,19,20). The van der Waals surface area contributed by atoms with Crippen LogP contribution in [0.15, 0.2) is 0 Å². The second kappa shape index (κ2) is 6.93. The van der Waals surface area contributed by atoms with Crippen molar-refractivity contribution in [2.45, 2.75) is 38.6 Å². The van der Waals surface area contributed by atoms with Gasteiger partial charge in [-0.1, -0.05) is 13.3 Å². The second-order valence-electron chi connectivity index (χ2n) is 6.78. The van der Waals surface area contributed by atoms with Crippen LogP contribution in [0.3, 0.4) is 0 Å². The zero-order valence-electron chi connectivity index (χ0n) is 15.5. The molecule has 2 aromatic rings. The molecule has 1 N–H and O–H groups in total. The van der Waals surface area contributed by atoms with Crippen LogP contribution < -0.4 is 10.2 Å². The summed E-state index contributed by atoms with van der Waals surface area (Å²) in [5, 5.41) is 7.82. The van der Waals surface area contributed by atoms with E-state index in [9.17, 15) is 0 Å². The Morgan fingerprint density at radius 1 is 1.21 bits per heavy atom. The fourth-order valence-electron chi connectivity index (χ4n) is 3.54. The summed E-state index contributed by atoms with van der Waals surface area (Å²) in [6, 6.07) is 0.508. The molecule has 0 atom stereocenters. The molecular weight excluding hydrogens is 302 g/mol. The molecule has 0 bridgehead atoms. The molecule has 132 valence electrons. The molecule has 1 saturated heterocycles. The van der Waals surface area contributed by atoms with Crippen LogP contribution in [0.4, 0.5) is 11.8 Å². The normalized spacial score (nSPS) is 16.7. The molecule has 1 fully saturated rings. The van der Waals surface area contributed by atoms with Crippen LogP contribution in [0.25, 0.3) is 11.0 Å². The number of nitrogens with zero attached hydrogens (tertiary/aromatic N) is 6. The first-order valence-electron chi connectivity index (χ1n) is 8.87. The molecule has 0 spiro atoms. The minimum Gasteiger partial charge on any atom is -0.357 e. The number of rotatable bonds is 5. The summed E-state index contributed by atoms with van der Waals surface area (Å²) in [7, 11) is 8.21. The van der Waals surface area contributed by atoms with Gasteiger partial charge in [-0.2, -0.15) is 10.1 Å². The SMILES string of the molecule is CCCc1nn(C)c2c(N(C)C3CCN(C)CC3)nc(NC)nc12. The zero-order valence-corrected chi connectivity index (χ0v) is 15.5. The molecule has 7 nitrogen and oxygen atoms in total. The molecule has 0 unspecified atom stereocenters. The molecule has 0 aromatic carbocycles. The number of piperidine rings is 1. The largest absolute Gasteiger partial charge is 0.357 e. The third-order valence-electron chi connectivity index (χ3n) is 5.01. The van der Waals surface area contributed by atoms with Crippen LogP contribution in [-0.2, 0) is 13.5 Å². The molecule has 3 rings (SSSR count). The monoisotopic (exact) mass is 331 g/mol. The maximum absolute atomic E-state index is 4.78. The number of anilines is 2. The number of fused-ring (bicyclic) bond motifs is 1. The first-order valence-corrected chi connectivity index (χ1v) is 8.87. The lowest BCUT2D eigenvalue weighted by atomic mass is 10.0. The van der Waals surface area contributed by atoms with E-state index in [2.05, 4.69) is 36.1 Å². The van der Waals surface area contributed by atoms with Crippen molar-refractivity contribution in [2.24, 2.45) is 7.05 Å². The Bertz CT molecular complexity index is 701. The Kier molecular flexibility index (Phi) is 4.89. The van der Waals surface area contributed by atoms with Gasteiger partial charge in [-0.05, 0) is 39.4 Å². The number of nitrogens with one attached hydrogen (secondary N) is 1. The van der Waals surface area contributed by atoms with Gasteiger partial charge in [0.25, 0.3) is 0 Å². The Morgan fingerprint density at radius 3 is 2.54 bits per heavy atom. The van der Waals surface area contributed by atoms with E-state index in [1.54, 1.807) is 0 Å². The molecule has 0 radical (unpaired) electrons.